The Morgan fingerprint density at radius 3 is 2.18 bits per heavy atom. The molecule has 0 fully saturated rings. The fourth-order valence-corrected chi connectivity index (χ4v) is 4.14. The molecular formula is C24H18FN3O5S. The highest BCUT2D eigenvalue weighted by atomic mass is 32.2. The van der Waals surface area contributed by atoms with Crippen LogP contribution in [0.25, 0.3) is 0 Å². The van der Waals surface area contributed by atoms with Crippen molar-refractivity contribution in [3.05, 3.63) is 108 Å². The van der Waals surface area contributed by atoms with E-state index in [1.807, 2.05) is 0 Å². The molecule has 8 nitrogen and oxygen atoms in total. The van der Waals surface area contributed by atoms with Crippen molar-refractivity contribution in [3.8, 4) is 0 Å². The zero-order valence-electron chi connectivity index (χ0n) is 17.5. The first-order valence-electron chi connectivity index (χ1n) is 9.95. The molecule has 0 aliphatic rings. The summed E-state index contributed by atoms with van der Waals surface area (Å²) in [6.45, 7) is 0. The van der Waals surface area contributed by atoms with E-state index in [9.17, 15) is 22.4 Å². The first kappa shape index (κ1) is 22.7. The topological polar surface area (TPSA) is 118 Å². The van der Waals surface area contributed by atoms with Crippen LogP contribution in [0.1, 0.15) is 20.9 Å². The first-order chi connectivity index (χ1) is 16.3. The lowest BCUT2D eigenvalue weighted by Gasteiger charge is -2.11. The van der Waals surface area contributed by atoms with Crippen molar-refractivity contribution in [2.45, 2.75) is 4.90 Å². The van der Waals surface area contributed by atoms with Gasteiger partial charge in [-0.3, -0.25) is 14.3 Å². The number of rotatable bonds is 7. The third-order valence-corrected chi connectivity index (χ3v) is 6.01. The maximum atomic E-state index is 13.9. The molecule has 172 valence electrons. The quantitative estimate of drug-likeness (QED) is 0.354. The number of benzene rings is 3. The number of furan rings is 1. The Balaban J connectivity index is 1.48. The van der Waals surface area contributed by atoms with Crippen molar-refractivity contribution >= 4 is 38.9 Å². The molecule has 0 atom stereocenters. The molecule has 0 bridgehead atoms. The normalized spacial score (nSPS) is 11.0. The molecule has 0 spiro atoms. The standard InChI is InChI=1S/C24H18FN3O5S/c25-20-10-1-2-11-21(20)28-34(31,32)19-9-3-6-16(14-19)23(29)26-17-7-4-8-18(15-17)27-24(30)22-12-5-13-33-22/h1-15,28H,(H,26,29)(H,27,30). The Hall–Kier alpha value is -4.44. The Morgan fingerprint density at radius 1 is 0.765 bits per heavy atom. The summed E-state index contributed by atoms with van der Waals surface area (Å²) in [5.74, 6) is -1.61. The molecule has 3 aromatic carbocycles. The molecular weight excluding hydrogens is 461 g/mol. The molecule has 0 aliphatic carbocycles. The van der Waals surface area contributed by atoms with Crippen LogP contribution in [0.3, 0.4) is 0 Å². The van der Waals surface area contributed by atoms with Gasteiger partial charge in [0.1, 0.15) is 5.82 Å². The van der Waals surface area contributed by atoms with Crippen molar-refractivity contribution < 1.29 is 26.8 Å². The van der Waals surface area contributed by atoms with Gasteiger partial charge in [0.15, 0.2) is 5.76 Å². The third-order valence-electron chi connectivity index (χ3n) is 4.65. The van der Waals surface area contributed by atoms with Crippen LogP contribution in [0.5, 0.6) is 0 Å². The Morgan fingerprint density at radius 2 is 1.47 bits per heavy atom. The van der Waals surface area contributed by atoms with Gasteiger partial charge in [-0.15, -0.1) is 0 Å². The smallest absolute Gasteiger partial charge is 0.291 e. The third kappa shape index (κ3) is 5.30. The number of para-hydroxylation sites is 1. The van der Waals surface area contributed by atoms with Crippen LogP contribution in [0.2, 0.25) is 0 Å². The molecule has 0 unspecified atom stereocenters. The van der Waals surface area contributed by atoms with Gasteiger partial charge in [-0.05, 0) is 60.7 Å². The zero-order valence-corrected chi connectivity index (χ0v) is 18.3. The highest BCUT2D eigenvalue weighted by Gasteiger charge is 2.18. The summed E-state index contributed by atoms with van der Waals surface area (Å²) in [6, 6.07) is 20.2. The van der Waals surface area contributed by atoms with E-state index in [-0.39, 0.29) is 21.9 Å². The second kappa shape index (κ2) is 9.59. The van der Waals surface area contributed by atoms with Crippen LogP contribution in [0.15, 0.2) is 101 Å². The number of hydrogen-bond donors (Lipinski definition) is 3. The number of carbonyl (C=O) groups is 2. The lowest BCUT2D eigenvalue weighted by molar-refractivity contribution is 0.0995. The van der Waals surface area contributed by atoms with E-state index in [0.717, 1.165) is 6.07 Å². The predicted octanol–water partition coefficient (Wildman–Crippen LogP) is 4.72. The van der Waals surface area contributed by atoms with Gasteiger partial charge in [0.25, 0.3) is 21.8 Å². The number of anilines is 3. The van der Waals surface area contributed by atoms with Crippen LogP contribution in [0, 0.1) is 5.82 Å². The number of sulfonamides is 1. The minimum Gasteiger partial charge on any atom is -0.459 e. The zero-order chi connectivity index (χ0) is 24.1. The van der Waals surface area contributed by atoms with E-state index in [1.165, 1.54) is 54.8 Å². The Kier molecular flexibility index (Phi) is 6.42. The maximum Gasteiger partial charge on any atom is 0.291 e. The van der Waals surface area contributed by atoms with Gasteiger partial charge in [-0.2, -0.15) is 0 Å². The first-order valence-corrected chi connectivity index (χ1v) is 11.4. The fraction of sp³-hybridized carbons (Fsp3) is 0. The number of halogens is 1. The van der Waals surface area contributed by atoms with Crippen LogP contribution in [-0.2, 0) is 10.0 Å². The summed E-state index contributed by atoms with van der Waals surface area (Å²) in [5.41, 5.74) is 0.664. The SMILES string of the molecule is O=C(Nc1cccc(NC(=O)c2ccco2)c1)c1cccc(S(=O)(=O)Nc2ccccc2F)c1. The lowest BCUT2D eigenvalue weighted by Crippen LogP contribution is -2.16. The number of nitrogens with one attached hydrogen (secondary N) is 3. The molecule has 0 aliphatic heterocycles. The van der Waals surface area contributed by atoms with Gasteiger partial charge < -0.3 is 15.1 Å². The molecule has 10 heteroatoms. The van der Waals surface area contributed by atoms with E-state index in [2.05, 4.69) is 15.4 Å². The monoisotopic (exact) mass is 479 g/mol. The summed E-state index contributed by atoms with van der Waals surface area (Å²) in [5, 5.41) is 5.31. The molecule has 3 N–H and O–H groups in total. The minimum atomic E-state index is -4.13. The van der Waals surface area contributed by atoms with Gasteiger partial charge >= 0.3 is 0 Å². The molecule has 0 radical (unpaired) electrons. The second-order valence-corrected chi connectivity index (χ2v) is 8.76. The highest BCUT2D eigenvalue weighted by molar-refractivity contribution is 7.92. The second-order valence-electron chi connectivity index (χ2n) is 7.08. The Bertz CT molecular complexity index is 1450. The number of carbonyl (C=O) groups excluding carboxylic acids is 2. The van der Waals surface area contributed by atoms with Crippen molar-refractivity contribution in [2.24, 2.45) is 0 Å². The molecule has 0 saturated heterocycles. The van der Waals surface area contributed by atoms with Gasteiger partial charge in [0.2, 0.25) is 0 Å². The van der Waals surface area contributed by atoms with Gasteiger partial charge in [-0.25, -0.2) is 12.8 Å². The van der Waals surface area contributed by atoms with E-state index >= 15 is 0 Å². The lowest BCUT2D eigenvalue weighted by atomic mass is 10.2. The largest absolute Gasteiger partial charge is 0.459 e. The predicted molar refractivity (Wildman–Crippen MR) is 125 cm³/mol. The summed E-state index contributed by atoms with van der Waals surface area (Å²) < 4.78 is 46.4. The minimum absolute atomic E-state index is 0.0708. The van der Waals surface area contributed by atoms with Gasteiger partial charge in [0, 0.05) is 16.9 Å². The van der Waals surface area contributed by atoms with Crippen molar-refractivity contribution in [3.63, 3.8) is 0 Å². The Labute approximate surface area is 194 Å². The number of amides is 2. The fourth-order valence-electron chi connectivity index (χ4n) is 3.03. The summed E-state index contributed by atoms with van der Waals surface area (Å²) in [6.07, 6.45) is 1.38. The molecule has 34 heavy (non-hydrogen) atoms. The molecule has 4 rings (SSSR count). The van der Waals surface area contributed by atoms with Crippen LogP contribution < -0.4 is 15.4 Å². The van der Waals surface area contributed by atoms with Crippen molar-refractivity contribution in [2.75, 3.05) is 15.4 Å². The van der Waals surface area contributed by atoms with Crippen LogP contribution in [-0.4, -0.2) is 20.2 Å². The van der Waals surface area contributed by atoms with E-state index in [4.69, 9.17) is 4.42 Å². The molecule has 1 aromatic heterocycles. The summed E-state index contributed by atoms with van der Waals surface area (Å²) >= 11 is 0. The molecule has 0 saturated carbocycles. The number of hydrogen-bond acceptors (Lipinski definition) is 5. The van der Waals surface area contributed by atoms with Gasteiger partial charge in [-0.1, -0.05) is 24.3 Å². The van der Waals surface area contributed by atoms with E-state index < -0.39 is 27.7 Å². The van der Waals surface area contributed by atoms with Crippen LogP contribution >= 0.6 is 0 Å². The van der Waals surface area contributed by atoms with Crippen molar-refractivity contribution in [1.82, 2.24) is 0 Å². The average molecular weight is 479 g/mol. The molecule has 4 aromatic rings. The molecule has 2 amide bonds. The van der Waals surface area contributed by atoms with E-state index in [0.29, 0.717) is 11.4 Å². The van der Waals surface area contributed by atoms with Crippen LogP contribution in [0.4, 0.5) is 21.5 Å². The van der Waals surface area contributed by atoms with Crippen molar-refractivity contribution in [1.29, 1.82) is 0 Å². The summed E-state index contributed by atoms with van der Waals surface area (Å²) in [7, 11) is -4.13. The summed E-state index contributed by atoms with van der Waals surface area (Å²) in [4.78, 5) is 24.7. The maximum absolute atomic E-state index is 13.9. The average Bonchev–Trinajstić information content (AvgIpc) is 3.36. The van der Waals surface area contributed by atoms with Gasteiger partial charge in [0.05, 0.1) is 16.8 Å². The van der Waals surface area contributed by atoms with E-state index in [1.54, 1.807) is 30.3 Å². The molecule has 1 heterocycles. The highest BCUT2D eigenvalue weighted by Crippen LogP contribution is 2.21.